The molecule has 1 fully saturated rings. The molecule has 1 saturated heterocycles. The molecule has 0 radical (unpaired) electrons. The number of hydrogen-bond donors (Lipinski definition) is 3. The molecule has 4 unspecified atom stereocenters. The second kappa shape index (κ2) is 10.4. The van der Waals surface area contributed by atoms with E-state index < -0.39 is 17.5 Å². The smallest absolute Gasteiger partial charge is 0.237 e. The number of nitriles is 1. The van der Waals surface area contributed by atoms with Crippen molar-refractivity contribution in [3.05, 3.63) is 69.7 Å². The summed E-state index contributed by atoms with van der Waals surface area (Å²) < 4.78 is 0. The number of carbonyl (C=O) groups excluding carboxylic acids is 1. The molecule has 5 nitrogen and oxygen atoms in total. The molecule has 0 bridgehead atoms. The fourth-order valence-electron chi connectivity index (χ4n) is 4.87. The second-order valence-electron chi connectivity index (χ2n) is 9.86. The molecule has 0 aliphatic carbocycles. The third kappa shape index (κ3) is 5.53. The number of hydrogen-bond acceptors (Lipinski definition) is 4. The topological polar surface area (TPSA) is 85.2 Å². The highest BCUT2D eigenvalue weighted by molar-refractivity contribution is 6.30. The molecule has 1 aliphatic heterocycles. The van der Waals surface area contributed by atoms with Gasteiger partial charge in [-0.05, 0) is 53.6 Å². The predicted octanol–water partition coefficient (Wildman–Crippen LogP) is 5.02. The van der Waals surface area contributed by atoms with Gasteiger partial charge in [0.1, 0.15) is 5.41 Å². The number of amides is 1. The molecule has 0 aromatic heterocycles. The van der Waals surface area contributed by atoms with Crippen LogP contribution in [0.2, 0.25) is 10.0 Å². The highest BCUT2D eigenvalue weighted by Crippen LogP contribution is 2.53. The van der Waals surface area contributed by atoms with Crippen LogP contribution in [0.4, 0.5) is 0 Å². The number of aliphatic hydroxyl groups is 1. The number of rotatable bonds is 7. The first kappa shape index (κ1) is 25.5. The van der Waals surface area contributed by atoms with Crippen LogP contribution in [-0.2, 0) is 10.2 Å². The quantitative estimate of drug-likeness (QED) is 0.478. The van der Waals surface area contributed by atoms with Crippen LogP contribution in [0.3, 0.4) is 0 Å². The Balaban J connectivity index is 2.19. The van der Waals surface area contributed by atoms with Crippen molar-refractivity contribution in [1.82, 2.24) is 10.6 Å². The second-order valence-corrected chi connectivity index (χ2v) is 10.7. The predicted molar refractivity (Wildman–Crippen MR) is 132 cm³/mol. The van der Waals surface area contributed by atoms with E-state index in [0.29, 0.717) is 29.4 Å². The maximum Gasteiger partial charge on any atom is 0.237 e. The van der Waals surface area contributed by atoms with Gasteiger partial charge in [-0.1, -0.05) is 68.2 Å². The van der Waals surface area contributed by atoms with Gasteiger partial charge in [-0.25, -0.2) is 0 Å². The van der Waals surface area contributed by atoms with E-state index in [1.165, 1.54) is 0 Å². The van der Waals surface area contributed by atoms with Gasteiger partial charge in [0.05, 0.1) is 18.2 Å². The summed E-state index contributed by atoms with van der Waals surface area (Å²) in [6.07, 6.45) is 1.12. The van der Waals surface area contributed by atoms with Gasteiger partial charge in [-0.2, -0.15) is 5.26 Å². The number of carbonyl (C=O) groups is 1. The number of halogens is 2. The van der Waals surface area contributed by atoms with E-state index in [1.54, 1.807) is 18.2 Å². The van der Waals surface area contributed by atoms with Gasteiger partial charge in [0.15, 0.2) is 0 Å². The van der Waals surface area contributed by atoms with Crippen molar-refractivity contribution in [2.45, 2.75) is 51.1 Å². The summed E-state index contributed by atoms with van der Waals surface area (Å²) in [5.74, 6) is -0.488. The van der Waals surface area contributed by atoms with Gasteiger partial charge in [-0.3, -0.25) is 10.1 Å². The highest BCUT2D eigenvalue weighted by Gasteiger charge is 2.59. The van der Waals surface area contributed by atoms with E-state index >= 15 is 0 Å². The zero-order valence-corrected chi connectivity index (χ0v) is 20.7. The van der Waals surface area contributed by atoms with Crippen molar-refractivity contribution in [2.24, 2.45) is 11.3 Å². The largest absolute Gasteiger partial charge is 0.396 e. The first-order valence-electron chi connectivity index (χ1n) is 11.2. The Morgan fingerprint density at radius 3 is 2.45 bits per heavy atom. The first-order valence-corrected chi connectivity index (χ1v) is 12.0. The minimum absolute atomic E-state index is 0.00183. The summed E-state index contributed by atoms with van der Waals surface area (Å²) in [5.41, 5.74) is 0.505. The zero-order valence-electron chi connectivity index (χ0n) is 19.2. The van der Waals surface area contributed by atoms with E-state index in [0.717, 1.165) is 11.1 Å². The van der Waals surface area contributed by atoms with Crippen LogP contribution in [0.25, 0.3) is 0 Å². The maximum atomic E-state index is 13.3. The van der Waals surface area contributed by atoms with Crippen LogP contribution in [0.5, 0.6) is 0 Å². The molecular formula is C26H31Cl2N3O2. The summed E-state index contributed by atoms with van der Waals surface area (Å²) in [6.45, 7) is 6.72. The van der Waals surface area contributed by atoms with Gasteiger partial charge in [-0.15, -0.1) is 0 Å². The monoisotopic (exact) mass is 487 g/mol. The Hall–Kier alpha value is -2.10. The van der Waals surface area contributed by atoms with Crippen LogP contribution in [0.15, 0.2) is 48.5 Å². The lowest BCUT2D eigenvalue weighted by atomic mass is 9.62. The third-order valence-electron chi connectivity index (χ3n) is 6.23. The average molecular weight is 488 g/mol. The van der Waals surface area contributed by atoms with Crippen molar-refractivity contribution in [2.75, 3.05) is 13.2 Å². The fraction of sp³-hybridized carbons (Fsp3) is 0.462. The molecule has 2 aromatic rings. The van der Waals surface area contributed by atoms with Gasteiger partial charge in [0.2, 0.25) is 5.91 Å². The number of benzene rings is 2. The normalized spacial score (nSPS) is 24.9. The van der Waals surface area contributed by atoms with Crippen LogP contribution in [-0.4, -0.2) is 30.2 Å². The van der Waals surface area contributed by atoms with Crippen LogP contribution in [0, 0.1) is 22.7 Å². The van der Waals surface area contributed by atoms with Gasteiger partial charge in [0, 0.05) is 29.1 Å². The molecule has 4 atom stereocenters. The molecule has 1 amide bonds. The summed E-state index contributed by atoms with van der Waals surface area (Å²) in [7, 11) is 0. The molecular weight excluding hydrogens is 457 g/mol. The standard InChI is InChI=1S/C26H31Cl2N3O2/c1-25(2,3)15-21-22(24(33)30-12-5-13-32)31-23(17-6-4-7-20(28)14-17)26(21,16-29)18-8-10-19(27)11-9-18/h4,6-11,14,21-23,31-32H,5,12-13,15H2,1-3H3,(H,30,33). The Morgan fingerprint density at radius 1 is 1.18 bits per heavy atom. The summed E-state index contributed by atoms with van der Waals surface area (Å²) in [5, 5.41) is 27.5. The van der Waals surface area contributed by atoms with Crippen LogP contribution in [0.1, 0.15) is 50.8 Å². The number of aliphatic hydroxyl groups excluding tert-OH is 1. The molecule has 3 rings (SSSR count). The van der Waals surface area contributed by atoms with E-state index in [1.807, 2.05) is 30.3 Å². The molecule has 33 heavy (non-hydrogen) atoms. The summed E-state index contributed by atoms with van der Waals surface area (Å²) in [4.78, 5) is 13.3. The van der Waals surface area contributed by atoms with Gasteiger partial charge < -0.3 is 10.4 Å². The van der Waals surface area contributed by atoms with E-state index in [4.69, 9.17) is 28.3 Å². The zero-order chi connectivity index (χ0) is 24.2. The Labute approximate surface area is 206 Å². The molecule has 0 spiro atoms. The lowest BCUT2D eigenvalue weighted by molar-refractivity contribution is -0.124. The van der Waals surface area contributed by atoms with Crippen LogP contribution >= 0.6 is 23.2 Å². The Kier molecular flexibility index (Phi) is 8.08. The molecule has 7 heteroatoms. The summed E-state index contributed by atoms with van der Waals surface area (Å²) >= 11 is 12.5. The fourth-order valence-corrected chi connectivity index (χ4v) is 5.19. The molecule has 2 aromatic carbocycles. The molecule has 3 N–H and O–H groups in total. The van der Waals surface area contributed by atoms with Crippen molar-refractivity contribution in [3.63, 3.8) is 0 Å². The highest BCUT2D eigenvalue weighted by atomic mass is 35.5. The SMILES string of the molecule is CC(C)(C)CC1C(C(=O)NCCCO)NC(c2cccc(Cl)c2)C1(C#N)c1ccc(Cl)cc1. The van der Waals surface area contributed by atoms with E-state index in [2.05, 4.69) is 37.5 Å². The van der Waals surface area contributed by atoms with E-state index in [-0.39, 0.29) is 23.8 Å². The molecule has 1 aliphatic rings. The minimum atomic E-state index is -1.03. The molecule has 176 valence electrons. The lowest BCUT2D eigenvalue weighted by Gasteiger charge is -2.37. The average Bonchev–Trinajstić information content (AvgIpc) is 3.08. The lowest BCUT2D eigenvalue weighted by Crippen LogP contribution is -2.46. The Morgan fingerprint density at radius 2 is 1.88 bits per heavy atom. The Bertz CT molecular complexity index is 1010. The number of nitrogens with one attached hydrogen (secondary N) is 2. The van der Waals surface area contributed by atoms with Crippen molar-refractivity contribution < 1.29 is 9.90 Å². The first-order chi connectivity index (χ1) is 15.6. The van der Waals surface area contributed by atoms with Gasteiger partial charge in [0.25, 0.3) is 0 Å². The van der Waals surface area contributed by atoms with Crippen LogP contribution < -0.4 is 10.6 Å². The maximum absolute atomic E-state index is 13.3. The third-order valence-corrected chi connectivity index (χ3v) is 6.71. The minimum Gasteiger partial charge on any atom is -0.396 e. The molecule has 1 heterocycles. The van der Waals surface area contributed by atoms with Crippen molar-refractivity contribution >= 4 is 29.1 Å². The number of nitrogens with zero attached hydrogens (tertiary/aromatic N) is 1. The van der Waals surface area contributed by atoms with Gasteiger partial charge >= 0.3 is 0 Å². The summed E-state index contributed by atoms with van der Waals surface area (Å²) in [6, 6.07) is 16.4. The van der Waals surface area contributed by atoms with Crippen molar-refractivity contribution in [3.8, 4) is 6.07 Å². The van der Waals surface area contributed by atoms with E-state index in [9.17, 15) is 10.1 Å². The molecule has 0 saturated carbocycles. The van der Waals surface area contributed by atoms with Crippen molar-refractivity contribution in [1.29, 1.82) is 5.26 Å².